The van der Waals surface area contributed by atoms with Crippen LogP contribution in [0, 0.1) is 4.64 Å². The number of imidazole rings is 1. The van der Waals surface area contributed by atoms with Crippen LogP contribution in [0.2, 0.25) is 0 Å². The Hall–Kier alpha value is -1.71. The quantitative estimate of drug-likeness (QED) is 0.0982. The van der Waals surface area contributed by atoms with Crippen molar-refractivity contribution >= 4 is 58.7 Å². The first-order valence-corrected chi connectivity index (χ1v) is 15.1. The number of aliphatic hydroxyl groups is 2. The van der Waals surface area contributed by atoms with Gasteiger partial charge in [-0.2, -0.15) is 0 Å². The zero-order chi connectivity index (χ0) is 29.8. The van der Waals surface area contributed by atoms with Crippen molar-refractivity contribution in [2.45, 2.75) is 38.9 Å². The van der Waals surface area contributed by atoms with E-state index in [1.54, 1.807) is 0 Å². The molecule has 40 heavy (non-hydrogen) atoms. The zero-order valence-electron chi connectivity index (χ0n) is 19.6. The molecule has 0 bridgehead atoms. The van der Waals surface area contributed by atoms with Gasteiger partial charge in [0.2, 0.25) is 5.91 Å². The number of rotatable bonds is 10. The summed E-state index contributed by atoms with van der Waals surface area (Å²) in [6.45, 7) is 1.49. The number of aromatic amines is 1. The van der Waals surface area contributed by atoms with Crippen LogP contribution in [0.3, 0.4) is 0 Å². The van der Waals surface area contributed by atoms with Gasteiger partial charge in [-0.1, -0.05) is 19.6 Å². The second kappa shape index (κ2) is 14.5. The molecule has 1 aliphatic heterocycles. The summed E-state index contributed by atoms with van der Waals surface area (Å²) in [6.07, 6.45) is -5.12. The fourth-order valence-corrected chi connectivity index (χ4v) is 6.09. The minimum absolute atomic E-state index is 0. The Bertz CT molecular complexity index is 1370. The summed E-state index contributed by atoms with van der Waals surface area (Å²) in [6, 6.07) is 0. The van der Waals surface area contributed by atoms with Crippen molar-refractivity contribution in [2.75, 3.05) is 25.4 Å². The Morgan fingerprint density at radius 3 is 2.40 bits per heavy atom. The number of aromatic nitrogens is 4. The molecule has 9 N–H and O–H groups in total. The predicted octanol–water partition coefficient (Wildman–Crippen LogP) is -3.15. The van der Waals surface area contributed by atoms with E-state index in [4.69, 9.17) is 33.3 Å². The Morgan fingerprint density at radius 1 is 1.25 bits per heavy atom. The van der Waals surface area contributed by atoms with E-state index in [0.717, 1.165) is 0 Å². The van der Waals surface area contributed by atoms with Gasteiger partial charge in [0.1, 0.15) is 29.5 Å². The van der Waals surface area contributed by atoms with Crippen molar-refractivity contribution in [3.63, 3.8) is 0 Å². The highest BCUT2D eigenvalue weighted by atomic mass is 32.1. The van der Waals surface area contributed by atoms with Gasteiger partial charge < -0.3 is 60.8 Å². The van der Waals surface area contributed by atoms with Crippen molar-refractivity contribution in [3.8, 4) is 0 Å². The first-order chi connectivity index (χ1) is 17.9. The van der Waals surface area contributed by atoms with E-state index < -0.39 is 54.6 Å². The smallest absolute Gasteiger partial charge is 0.280 e. The van der Waals surface area contributed by atoms with Gasteiger partial charge in [0.15, 0.2) is 16.8 Å². The third-order valence-electron chi connectivity index (χ3n) is 4.39. The van der Waals surface area contributed by atoms with E-state index in [1.807, 2.05) is 0 Å². The molecule has 2 aromatic rings. The van der Waals surface area contributed by atoms with Gasteiger partial charge in [0.05, 0.1) is 12.9 Å². The van der Waals surface area contributed by atoms with Crippen LogP contribution in [0.1, 0.15) is 20.6 Å². The van der Waals surface area contributed by atoms with Gasteiger partial charge >= 0.3 is 0 Å². The highest BCUT2D eigenvalue weighted by Gasteiger charge is 2.45. The van der Waals surface area contributed by atoms with Crippen molar-refractivity contribution < 1.29 is 66.2 Å². The molecule has 25 heteroatoms. The maximum Gasteiger partial charge on any atom is 0.280 e. The summed E-state index contributed by atoms with van der Waals surface area (Å²) < 4.78 is 50.7. The van der Waals surface area contributed by atoms with E-state index in [-0.39, 0.29) is 35.1 Å². The lowest BCUT2D eigenvalue weighted by molar-refractivity contribution is -0.250. The number of H-pyrrole nitrogens is 1. The number of nitrogens with two attached hydrogens (primary N) is 2. The van der Waals surface area contributed by atoms with Crippen LogP contribution in [0.4, 0.5) is 5.95 Å². The van der Waals surface area contributed by atoms with Crippen LogP contribution < -0.4 is 31.5 Å². The molecule has 7 atom stereocenters. The second-order valence-electron chi connectivity index (χ2n) is 7.42. The minimum Gasteiger partial charge on any atom is -0.756 e. The number of amides is 1. The highest BCUT2D eigenvalue weighted by Crippen LogP contribution is 2.61. The molecule has 0 spiro atoms. The fourth-order valence-electron chi connectivity index (χ4n) is 2.94. The Labute approximate surface area is 230 Å². The molecule has 21 nitrogen and oxygen atoms in total. The average Bonchev–Trinajstić information content (AvgIpc) is 3.30. The number of phosphoric acid groups is 3. The van der Waals surface area contributed by atoms with Crippen LogP contribution in [-0.2, 0) is 36.4 Å². The number of nitrogens with zero attached hydrogens (tertiary/aromatic N) is 3. The highest BCUT2D eigenvalue weighted by molar-refractivity contribution is 7.71. The number of hydrogen-bond donors (Lipinski definition) is 7. The number of aliphatic hydroxyl groups excluding tert-OH is 2. The molecule has 0 saturated carbocycles. The van der Waals surface area contributed by atoms with Gasteiger partial charge in [0.25, 0.3) is 23.5 Å². The van der Waals surface area contributed by atoms with Gasteiger partial charge in [-0.15, -0.1) is 0 Å². The first kappa shape index (κ1) is 36.3. The number of phosphoric ester groups is 1. The molecule has 0 radical (unpaired) electrons. The molecule has 0 aromatic carbocycles. The topological polar surface area (TPSA) is 346 Å². The van der Waals surface area contributed by atoms with Crippen LogP contribution >= 0.6 is 35.7 Å². The van der Waals surface area contributed by atoms with Crippen molar-refractivity contribution in [1.29, 1.82) is 0 Å². The Morgan fingerprint density at radius 2 is 1.88 bits per heavy atom. The predicted molar refractivity (Wildman–Crippen MR) is 131 cm³/mol. The van der Waals surface area contributed by atoms with Gasteiger partial charge in [-0.05, 0) is 0 Å². The van der Waals surface area contributed by atoms with Crippen molar-refractivity contribution in [3.05, 3.63) is 11.0 Å². The molecule has 1 aliphatic rings. The lowest BCUT2D eigenvalue weighted by Gasteiger charge is -2.33. The Balaban J connectivity index is 0.000000886. The average molecular weight is 654 g/mol. The van der Waals surface area contributed by atoms with E-state index in [2.05, 4.69) is 33.4 Å². The summed E-state index contributed by atoms with van der Waals surface area (Å²) in [5.41, 5.74) is 11.0. The molecule has 3 heterocycles. The lowest BCUT2D eigenvalue weighted by atomic mass is 10.1. The number of fused-ring (bicyclic) bond motifs is 1. The fraction of sp³-hybridized carbons (Fsp3) is 0.600. The standard InChI is InChI=1S/C10H16N5O13P3S.C4H10N2O.CH4/c11-10-13-7-4(8(32)14-10)12-2-15(7)9-6(17)5(16)3(26-9)1-25-30(21,22)28-31(23,24)27-29(18,19)20;1-4(7)6-3-2-5;/h2-3,5-6,9,16-17H,1H2,(H,21,22)(H,23,24)(H2,18,19,20)(H3,11,13,14,32);2-3,5H2,1H3,(H,6,7);1H4/p-3/t3-,5+,6?,9-;;/m1../s1. The van der Waals surface area contributed by atoms with Gasteiger partial charge in [0, 0.05) is 20.0 Å². The van der Waals surface area contributed by atoms with Gasteiger partial charge in [-0.3, -0.25) is 23.1 Å². The molecule has 3 rings (SSSR count). The van der Waals surface area contributed by atoms with E-state index >= 15 is 0 Å². The zero-order valence-corrected chi connectivity index (χ0v) is 23.1. The monoisotopic (exact) mass is 654 g/mol. The largest absolute Gasteiger partial charge is 0.756 e. The molecular weight excluding hydrogens is 627 g/mol. The van der Waals surface area contributed by atoms with Crippen molar-refractivity contribution in [1.82, 2.24) is 24.8 Å². The normalized spacial score (nSPS) is 25.0. The number of anilines is 1. The second-order valence-corrected chi connectivity index (χ2v) is 12.1. The first-order valence-electron chi connectivity index (χ1n) is 10.3. The lowest BCUT2D eigenvalue weighted by Crippen LogP contribution is -2.34. The van der Waals surface area contributed by atoms with Crippen molar-refractivity contribution in [2.24, 2.45) is 5.73 Å². The van der Waals surface area contributed by atoms with Gasteiger partial charge in [-0.25, -0.2) is 18.6 Å². The van der Waals surface area contributed by atoms with E-state index in [1.165, 1.54) is 17.8 Å². The maximum absolute atomic E-state index is 11.6. The number of carbonyl (C=O) groups excluding carboxylic acids is 1. The molecule has 1 fully saturated rings. The van der Waals surface area contributed by atoms with Crippen LogP contribution in [0.25, 0.3) is 11.2 Å². The number of carbonyl (C=O) groups is 1. The summed E-state index contributed by atoms with van der Waals surface area (Å²) in [5.74, 6) is -0.109. The molecule has 1 saturated heterocycles. The Kier molecular flexibility index (Phi) is 13.1. The maximum atomic E-state index is 11.6. The van der Waals surface area contributed by atoms with E-state index in [9.17, 15) is 43.4 Å². The molecule has 1 amide bonds. The summed E-state index contributed by atoms with van der Waals surface area (Å²) in [4.78, 5) is 62.1. The number of nitrogen functional groups attached to an aromatic ring is 1. The number of ether oxygens (including phenoxy) is 1. The third kappa shape index (κ3) is 10.6. The molecule has 230 valence electrons. The number of nitrogens with one attached hydrogen (secondary N) is 2. The number of hydrogen-bond acceptors (Lipinski definition) is 18. The van der Waals surface area contributed by atoms with Crippen LogP contribution in [-0.4, -0.2) is 78.5 Å². The molecule has 0 aliphatic carbocycles. The summed E-state index contributed by atoms with van der Waals surface area (Å²) >= 11 is 5.01. The molecule has 4 unspecified atom stereocenters. The summed E-state index contributed by atoms with van der Waals surface area (Å²) in [7, 11) is -17.8. The molecule has 2 aromatic heterocycles. The third-order valence-corrected chi connectivity index (χ3v) is 8.37. The minimum atomic E-state index is -6.09. The SMILES string of the molecule is C.CC(=O)NCCN.Nc1nc(=S)c2ncn([C@@H]3O[C@H](COP(=O)([O-])OP(=O)([O-])OP(=O)([O-])O)[C@H](O)C3O)c2[nH]1. The van der Waals surface area contributed by atoms with Crippen LogP contribution in [0.5, 0.6) is 0 Å². The van der Waals surface area contributed by atoms with Crippen LogP contribution in [0.15, 0.2) is 6.33 Å². The molecular formula is C15H27N7O14P3S-3. The summed E-state index contributed by atoms with van der Waals surface area (Å²) in [5, 5.41) is 23.0. The van der Waals surface area contributed by atoms with E-state index in [0.29, 0.717) is 13.1 Å².